The Hall–Kier alpha value is -4.06. The largest absolute Gasteiger partial charge is 0.493 e. The van der Waals surface area contributed by atoms with E-state index >= 15 is 0 Å². The number of aryl methyl sites for hydroxylation is 1. The first-order valence-electron chi connectivity index (χ1n) is 12.4. The molecule has 0 N–H and O–H groups in total. The molecular weight excluding hydrogens is 450 g/mol. The lowest BCUT2D eigenvalue weighted by atomic mass is 9.84. The Balaban J connectivity index is 1.56. The van der Waals surface area contributed by atoms with Gasteiger partial charge in [-0.25, -0.2) is 4.68 Å². The van der Waals surface area contributed by atoms with E-state index in [9.17, 15) is 4.79 Å². The summed E-state index contributed by atoms with van der Waals surface area (Å²) in [6.45, 7) is 2.92. The van der Waals surface area contributed by atoms with Crippen molar-refractivity contribution in [1.29, 1.82) is 0 Å². The van der Waals surface area contributed by atoms with Crippen molar-refractivity contribution in [2.75, 3.05) is 7.11 Å². The van der Waals surface area contributed by atoms with E-state index < -0.39 is 0 Å². The van der Waals surface area contributed by atoms with Gasteiger partial charge < -0.3 is 14.4 Å². The van der Waals surface area contributed by atoms with Gasteiger partial charge in [0.2, 0.25) is 11.8 Å². The third-order valence-electron chi connectivity index (χ3n) is 6.75. The molecule has 1 aromatic heterocycles. The number of para-hydroxylation sites is 3. The van der Waals surface area contributed by atoms with Gasteiger partial charge in [-0.3, -0.25) is 4.79 Å². The Labute approximate surface area is 212 Å². The number of hydrogen-bond donors (Lipinski definition) is 0. The molecule has 0 aliphatic heterocycles. The number of hydrogen-bond acceptors (Lipinski definition) is 4. The Morgan fingerprint density at radius 2 is 1.56 bits per heavy atom. The highest BCUT2D eigenvalue weighted by Gasteiger charge is 2.31. The van der Waals surface area contributed by atoms with Gasteiger partial charge in [0, 0.05) is 12.5 Å². The highest BCUT2D eigenvalue weighted by atomic mass is 16.5. The summed E-state index contributed by atoms with van der Waals surface area (Å²) in [7, 11) is 1.63. The van der Waals surface area contributed by atoms with Gasteiger partial charge in [-0.05, 0) is 49.6 Å². The third-order valence-corrected chi connectivity index (χ3v) is 6.75. The molecular formula is C30H31N3O3. The fraction of sp³-hybridized carbons (Fsp3) is 0.267. The lowest BCUT2D eigenvalue weighted by molar-refractivity contribution is -0.139. The first-order valence-corrected chi connectivity index (χ1v) is 12.4. The second-order valence-electron chi connectivity index (χ2n) is 9.18. The minimum Gasteiger partial charge on any atom is -0.493 e. The number of carbonyl (C=O) groups excluding carboxylic acids is 1. The average Bonchev–Trinajstić information content (AvgIpc) is 3.18. The smallest absolute Gasteiger partial charge is 0.228 e. The lowest BCUT2D eigenvalue weighted by Gasteiger charge is -2.32. The maximum atomic E-state index is 13.5. The molecule has 0 unspecified atom stereocenters. The maximum Gasteiger partial charge on any atom is 0.228 e. The highest BCUT2D eigenvalue weighted by Crippen LogP contribution is 2.37. The number of amides is 1. The van der Waals surface area contributed by atoms with Crippen LogP contribution >= 0.6 is 0 Å². The summed E-state index contributed by atoms with van der Waals surface area (Å²) < 4.78 is 13.9. The van der Waals surface area contributed by atoms with Crippen LogP contribution < -0.4 is 9.47 Å². The van der Waals surface area contributed by atoms with Gasteiger partial charge in [-0.15, -0.1) is 0 Å². The van der Waals surface area contributed by atoms with Crippen LogP contribution in [0.1, 0.15) is 36.1 Å². The summed E-state index contributed by atoms with van der Waals surface area (Å²) in [4.78, 5) is 15.5. The standard InChI is InChI=1S/C30H31N3O3/c1-22-26(21-32(29(34)24-14-11-15-24)20-23-12-5-3-6-13-23)30(33(31-22)25-16-7-4-8-17-25)36-28-19-10-9-18-27(28)35-2/h3-10,12-13,16-19,24H,11,14-15,20-21H2,1-2H3. The first-order chi connectivity index (χ1) is 17.6. The van der Waals surface area contributed by atoms with Crippen LogP contribution in [-0.4, -0.2) is 27.7 Å². The molecule has 0 atom stereocenters. The minimum atomic E-state index is 0.0942. The molecule has 0 bridgehead atoms. The summed E-state index contributed by atoms with van der Waals surface area (Å²) in [6.07, 6.45) is 3.02. The van der Waals surface area contributed by atoms with Crippen LogP contribution in [0.2, 0.25) is 0 Å². The monoisotopic (exact) mass is 481 g/mol. The minimum absolute atomic E-state index is 0.0942. The van der Waals surface area contributed by atoms with Crippen molar-refractivity contribution in [3.05, 3.63) is 102 Å². The average molecular weight is 482 g/mol. The van der Waals surface area contributed by atoms with Crippen LogP contribution in [0.3, 0.4) is 0 Å². The van der Waals surface area contributed by atoms with Gasteiger partial charge >= 0.3 is 0 Å². The van der Waals surface area contributed by atoms with E-state index in [1.165, 1.54) is 0 Å². The quantitative estimate of drug-likeness (QED) is 0.281. The van der Waals surface area contributed by atoms with E-state index in [0.717, 1.165) is 41.8 Å². The number of benzene rings is 3. The van der Waals surface area contributed by atoms with Crippen molar-refractivity contribution in [3.8, 4) is 23.1 Å². The van der Waals surface area contributed by atoms with Gasteiger partial charge in [0.1, 0.15) is 0 Å². The SMILES string of the molecule is COc1ccccc1Oc1c(CN(Cc2ccccc2)C(=O)C2CCC2)c(C)nn1-c1ccccc1. The zero-order valence-electron chi connectivity index (χ0n) is 20.8. The van der Waals surface area contributed by atoms with Gasteiger partial charge in [-0.1, -0.05) is 67.1 Å². The summed E-state index contributed by atoms with van der Waals surface area (Å²) in [5.74, 6) is 2.10. The van der Waals surface area contributed by atoms with Gasteiger partial charge in [0.05, 0.1) is 30.6 Å². The van der Waals surface area contributed by atoms with Crippen molar-refractivity contribution < 1.29 is 14.3 Å². The molecule has 5 rings (SSSR count). The fourth-order valence-electron chi connectivity index (χ4n) is 4.50. The summed E-state index contributed by atoms with van der Waals surface area (Å²) in [5.41, 5.74) is 3.69. The van der Waals surface area contributed by atoms with Crippen molar-refractivity contribution in [1.82, 2.24) is 14.7 Å². The molecule has 6 heteroatoms. The topological polar surface area (TPSA) is 56.6 Å². The van der Waals surface area contributed by atoms with Crippen LogP contribution in [0.25, 0.3) is 5.69 Å². The van der Waals surface area contributed by atoms with Crippen molar-refractivity contribution in [2.24, 2.45) is 5.92 Å². The molecule has 0 saturated heterocycles. The molecule has 184 valence electrons. The summed E-state index contributed by atoms with van der Waals surface area (Å²) in [5, 5.41) is 4.84. The molecule has 1 aliphatic carbocycles. The molecule has 1 amide bonds. The number of nitrogens with zero attached hydrogens (tertiary/aromatic N) is 3. The third kappa shape index (κ3) is 4.98. The van der Waals surface area contributed by atoms with E-state index in [2.05, 4.69) is 12.1 Å². The second kappa shape index (κ2) is 10.7. The van der Waals surface area contributed by atoms with Crippen LogP contribution in [0, 0.1) is 12.8 Å². The molecule has 1 heterocycles. The first kappa shape index (κ1) is 23.7. The van der Waals surface area contributed by atoms with E-state index in [0.29, 0.717) is 30.5 Å². The molecule has 0 radical (unpaired) electrons. The molecule has 1 saturated carbocycles. The molecule has 1 fully saturated rings. The van der Waals surface area contributed by atoms with Crippen LogP contribution in [-0.2, 0) is 17.9 Å². The zero-order chi connectivity index (χ0) is 24.9. The molecule has 0 spiro atoms. The van der Waals surface area contributed by atoms with E-state index in [4.69, 9.17) is 14.6 Å². The summed E-state index contributed by atoms with van der Waals surface area (Å²) in [6, 6.07) is 27.6. The van der Waals surface area contributed by atoms with E-state index in [1.807, 2.05) is 89.3 Å². The Kier molecular flexibility index (Phi) is 7.03. The second-order valence-corrected chi connectivity index (χ2v) is 9.18. The normalized spacial score (nSPS) is 13.2. The van der Waals surface area contributed by atoms with E-state index in [-0.39, 0.29) is 11.8 Å². The van der Waals surface area contributed by atoms with Gasteiger partial charge in [-0.2, -0.15) is 5.10 Å². The molecule has 1 aliphatic rings. The number of aromatic nitrogens is 2. The van der Waals surface area contributed by atoms with Crippen molar-refractivity contribution >= 4 is 5.91 Å². The van der Waals surface area contributed by atoms with Crippen molar-refractivity contribution in [3.63, 3.8) is 0 Å². The predicted molar refractivity (Wildman–Crippen MR) is 139 cm³/mol. The van der Waals surface area contributed by atoms with Gasteiger partial charge in [0.25, 0.3) is 0 Å². The summed E-state index contributed by atoms with van der Waals surface area (Å²) >= 11 is 0. The maximum absolute atomic E-state index is 13.5. The molecule has 36 heavy (non-hydrogen) atoms. The number of ether oxygens (including phenoxy) is 2. The number of carbonyl (C=O) groups is 1. The Morgan fingerprint density at radius 1 is 0.917 bits per heavy atom. The van der Waals surface area contributed by atoms with Crippen LogP contribution in [0.4, 0.5) is 0 Å². The van der Waals surface area contributed by atoms with Crippen LogP contribution in [0.5, 0.6) is 17.4 Å². The fourth-order valence-corrected chi connectivity index (χ4v) is 4.50. The molecule has 3 aromatic carbocycles. The van der Waals surface area contributed by atoms with E-state index in [1.54, 1.807) is 7.11 Å². The molecule has 4 aromatic rings. The van der Waals surface area contributed by atoms with Crippen LogP contribution in [0.15, 0.2) is 84.9 Å². The van der Waals surface area contributed by atoms with Gasteiger partial charge in [0.15, 0.2) is 11.5 Å². The number of methoxy groups -OCH3 is 1. The number of rotatable bonds is 9. The van der Waals surface area contributed by atoms with Crippen molar-refractivity contribution in [2.45, 2.75) is 39.3 Å². The Bertz CT molecular complexity index is 1310. The zero-order valence-corrected chi connectivity index (χ0v) is 20.8. The molecule has 6 nitrogen and oxygen atoms in total. The predicted octanol–water partition coefficient (Wildman–Crippen LogP) is 6.31. The Morgan fingerprint density at radius 3 is 2.19 bits per heavy atom. The highest BCUT2D eigenvalue weighted by molar-refractivity contribution is 5.79. The lowest BCUT2D eigenvalue weighted by Crippen LogP contribution is -2.38.